The van der Waals surface area contributed by atoms with Crippen LogP contribution in [-0.2, 0) is 0 Å². The van der Waals surface area contributed by atoms with Crippen LogP contribution in [0.4, 0.5) is 4.39 Å². The summed E-state index contributed by atoms with van der Waals surface area (Å²) in [6, 6.07) is 8.39. The fraction of sp³-hybridized carbons (Fsp3) is 0.133. The second-order valence-electron chi connectivity index (χ2n) is 5.03. The maximum absolute atomic E-state index is 13.5. The van der Waals surface area contributed by atoms with Gasteiger partial charge in [0.15, 0.2) is 0 Å². The lowest BCUT2D eigenvalue weighted by Crippen LogP contribution is -2.00. The number of nitrogens with zero attached hydrogens (tertiary/aromatic N) is 1. The third kappa shape index (κ3) is 2.94. The van der Waals surface area contributed by atoms with Gasteiger partial charge in [0.25, 0.3) is 0 Å². The van der Waals surface area contributed by atoms with E-state index in [0.29, 0.717) is 10.0 Å². The number of nitriles is 1. The quantitative estimate of drug-likeness (QED) is 0.695. The van der Waals surface area contributed by atoms with Gasteiger partial charge in [-0.05, 0) is 40.2 Å². The van der Waals surface area contributed by atoms with E-state index in [4.69, 9.17) is 10.00 Å². The zero-order valence-electron chi connectivity index (χ0n) is 11.5. The molecule has 23 heavy (non-hydrogen) atoms. The molecule has 0 saturated heterocycles. The van der Waals surface area contributed by atoms with Crippen LogP contribution in [0.25, 0.3) is 0 Å². The average molecular weight is 400 g/mol. The van der Waals surface area contributed by atoms with Gasteiger partial charge in [0.05, 0.1) is 32.9 Å². The number of ether oxygens (including phenoxy) is 1. The van der Waals surface area contributed by atoms with Crippen molar-refractivity contribution in [2.45, 2.75) is 11.0 Å². The van der Waals surface area contributed by atoms with Crippen molar-refractivity contribution in [3.8, 4) is 17.6 Å². The van der Waals surface area contributed by atoms with Crippen LogP contribution < -0.4 is 4.74 Å². The van der Waals surface area contributed by atoms with E-state index in [1.165, 1.54) is 18.2 Å². The fourth-order valence-electron chi connectivity index (χ4n) is 2.44. The molecule has 0 aliphatic carbocycles. The van der Waals surface area contributed by atoms with E-state index in [1.54, 1.807) is 0 Å². The number of hydrogen-bond donors (Lipinski definition) is 3. The molecule has 2 aromatic rings. The smallest absolute Gasteiger partial charge is 0.142 e. The van der Waals surface area contributed by atoms with Crippen LogP contribution in [0.3, 0.4) is 0 Å². The molecule has 1 aliphatic heterocycles. The molecular formula is C15H11BrFNO4S. The van der Waals surface area contributed by atoms with Gasteiger partial charge in [-0.2, -0.15) is 15.9 Å². The predicted molar refractivity (Wildman–Crippen MR) is 86.3 cm³/mol. The Morgan fingerprint density at radius 3 is 2.74 bits per heavy atom. The van der Waals surface area contributed by atoms with Crippen molar-refractivity contribution in [2.75, 3.05) is 5.75 Å². The fourth-order valence-corrected chi connectivity index (χ4v) is 4.92. The maximum atomic E-state index is 13.5. The van der Waals surface area contributed by atoms with Crippen LogP contribution in [0.1, 0.15) is 17.2 Å². The Morgan fingerprint density at radius 1 is 1.30 bits per heavy atom. The minimum Gasteiger partial charge on any atom is -0.456 e. The summed E-state index contributed by atoms with van der Waals surface area (Å²) in [5, 5.41) is 18.9. The lowest BCUT2D eigenvalue weighted by molar-refractivity contribution is 0.201. The largest absolute Gasteiger partial charge is 0.456 e. The van der Waals surface area contributed by atoms with Crippen LogP contribution in [-0.4, -0.2) is 20.0 Å². The molecule has 1 atom stereocenters. The number of fused-ring (bicyclic) bond motifs is 1. The minimum absolute atomic E-state index is 0.117. The summed E-state index contributed by atoms with van der Waals surface area (Å²) in [7, 11) is -3.02. The van der Waals surface area contributed by atoms with Gasteiger partial charge in [0.1, 0.15) is 17.3 Å². The van der Waals surface area contributed by atoms with Gasteiger partial charge in [-0.15, -0.1) is 0 Å². The van der Waals surface area contributed by atoms with Gasteiger partial charge < -0.3 is 9.84 Å². The summed E-state index contributed by atoms with van der Waals surface area (Å²) in [4.78, 5) is 0.265. The van der Waals surface area contributed by atoms with E-state index in [0.717, 1.165) is 12.1 Å². The van der Waals surface area contributed by atoms with Crippen molar-refractivity contribution in [1.29, 1.82) is 5.26 Å². The molecule has 3 N–H and O–H groups in total. The summed E-state index contributed by atoms with van der Waals surface area (Å²) in [6.07, 6.45) is -1.03. The normalized spacial score (nSPS) is 19.7. The first-order chi connectivity index (χ1) is 10.8. The van der Waals surface area contributed by atoms with E-state index in [-0.39, 0.29) is 27.7 Å². The molecule has 1 unspecified atom stereocenters. The van der Waals surface area contributed by atoms with E-state index in [9.17, 15) is 18.6 Å². The second kappa shape index (κ2) is 5.78. The monoisotopic (exact) mass is 399 g/mol. The first kappa shape index (κ1) is 16.2. The molecule has 2 aromatic carbocycles. The van der Waals surface area contributed by atoms with Crippen molar-refractivity contribution in [2.24, 2.45) is 0 Å². The molecule has 8 heteroatoms. The standard InChI is InChI=1S/C15H11BrFNO4S/c16-15-12(22-10-4-8(6-18)3-9(17)5-10)1-2-13-14(15)11(19)7-23(13,20)21/h1-5,11,19-21H,7H2. The molecule has 120 valence electrons. The summed E-state index contributed by atoms with van der Waals surface area (Å²) in [5.74, 6) is -0.371. The SMILES string of the molecule is N#Cc1cc(F)cc(Oc2ccc3c(c2Br)C(O)CS3(O)O)c1. The number of aliphatic hydroxyl groups excluding tert-OH is 1. The number of aliphatic hydroxyl groups is 1. The highest BCUT2D eigenvalue weighted by molar-refractivity contribution is 9.10. The highest BCUT2D eigenvalue weighted by Gasteiger charge is 2.36. The van der Waals surface area contributed by atoms with Crippen molar-refractivity contribution in [1.82, 2.24) is 0 Å². The van der Waals surface area contributed by atoms with Crippen LogP contribution in [0.15, 0.2) is 39.7 Å². The Morgan fingerprint density at radius 2 is 2.04 bits per heavy atom. The molecule has 0 bridgehead atoms. The summed E-state index contributed by atoms with van der Waals surface area (Å²) in [6.45, 7) is 0. The summed E-state index contributed by atoms with van der Waals surface area (Å²) < 4.78 is 39.3. The summed E-state index contributed by atoms with van der Waals surface area (Å²) in [5.41, 5.74) is 0.464. The van der Waals surface area contributed by atoms with Crippen LogP contribution >= 0.6 is 26.5 Å². The van der Waals surface area contributed by atoms with Gasteiger partial charge >= 0.3 is 0 Å². The molecule has 1 heterocycles. The first-order valence-electron chi connectivity index (χ1n) is 6.47. The zero-order chi connectivity index (χ0) is 16.8. The number of rotatable bonds is 2. The van der Waals surface area contributed by atoms with E-state index >= 15 is 0 Å². The lowest BCUT2D eigenvalue weighted by atomic mass is 10.1. The molecule has 0 spiro atoms. The topological polar surface area (TPSA) is 93.7 Å². The highest BCUT2D eigenvalue weighted by atomic mass is 79.9. The van der Waals surface area contributed by atoms with E-state index < -0.39 is 22.5 Å². The Balaban J connectivity index is 2.02. The van der Waals surface area contributed by atoms with Crippen LogP contribution in [0.5, 0.6) is 11.5 Å². The predicted octanol–water partition coefficient (Wildman–Crippen LogP) is 4.41. The Kier molecular flexibility index (Phi) is 4.08. The molecular weight excluding hydrogens is 389 g/mol. The molecule has 1 aliphatic rings. The first-order valence-corrected chi connectivity index (χ1v) is 8.97. The van der Waals surface area contributed by atoms with E-state index in [2.05, 4.69) is 15.9 Å². The lowest BCUT2D eigenvalue weighted by Gasteiger charge is -2.27. The van der Waals surface area contributed by atoms with Gasteiger partial charge in [-0.25, -0.2) is 4.39 Å². The van der Waals surface area contributed by atoms with Gasteiger partial charge in [-0.3, -0.25) is 9.11 Å². The molecule has 0 saturated carbocycles. The number of benzene rings is 2. The average Bonchev–Trinajstić information content (AvgIpc) is 2.71. The van der Waals surface area contributed by atoms with Gasteiger partial charge in [0.2, 0.25) is 0 Å². The van der Waals surface area contributed by atoms with Crippen molar-refractivity contribution < 1.29 is 23.3 Å². The third-order valence-corrected chi connectivity index (χ3v) is 6.07. The summed E-state index contributed by atoms with van der Waals surface area (Å²) >= 11 is 3.28. The molecule has 0 amide bonds. The van der Waals surface area contributed by atoms with Crippen molar-refractivity contribution in [3.05, 3.63) is 51.7 Å². The molecule has 0 fully saturated rings. The molecule has 0 radical (unpaired) electrons. The molecule has 0 aromatic heterocycles. The Bertz CT molecular complexity index is 837. The van der Waals surface area contributed by atoms with Crippen LogP contribution in [0, 0.1) is 17.1 Å². The maximum Gasteiger partial charge on any atom is 0.142 e. The molecule has 3 rings (SSSR count). The molecule has 5 nitrogen and oxygen atoms in total. The number of hydrogen-bond acceptors (Lipinski definition) is 5. The van der Waals surface area contributed by atoms with Crippen molar-refractivity contribution in [3.63, 3.8) is 0 Å². The Hall–Kier alpha value is -1.63. The zero-order valence-corrected chi connectivity index (χ0v) is 13.9. The van der Waals surface area contributed by atoms with Crippen LogP contribution in [0.2, 0.25) is 0 Å². The van der Waals surface area contributed by atoms with Gasteiger partial charge in [0, 0.05) is 11.6 Å². The third-order valence-electron chi connectivity index (χ3n) is 3.41. The Labute approximate surface area is 141 Å². The number of halogens is 2. The van der Waals surface area contributed by atoms with Gasteiger partial charge in [-0.1, -0.05) is 0 Å². The van der Waals surface area contributed by atoms with Crippen molar-refractivity contribution >= 4 is 26.5 Å². The van der Waals surface area contributed by atoms with E-state index in [1.807, 2.05) is 6.07 Å². The minimum atomic E-state index is -3.02. The highest BCUT2D eigenvalue weighted by Crippen LogP contribution is 2.61. The second-order valence-corrected chi connectivity index (χ2v) is 7.93.